The first-order valence-corrected chi connectivity index (χ1v) is 10.3. The molecule has 29 heavy (non-hydrogen) atoms. The number of carbonyl (C=O) groups is 2. The van der Waals surface area contributed by atoms with Crippen LogP contribution in [0, 0.1) is 0 Å². The second kappa shape index (κ2) is 8.77. The third-order valence-corrected chi connectivity index (χ3v) is 5.54. The fraction of sp³-hybridized carbons (Fsp3) is 0.190. The molecular formula is C21H18N2O4S2. The predicted octanol–water partition coefficient (Wildman–Crippen LogP) is 3.03. The van der Waals surface area contributed by atoms with E-state index in [1.54, 1.807) is 6.08 Å². The highest BCUT2D eigenvalue weighted by molar-refractivity contribution is 8.26. The number of hydrogen-bond donors (Lipinski definition) is 2. The Morgan fingerprint density at radius 1 is 1.10 bits per heavy atom. The van der Waals surface area contributed by atoms with Gasteiger partial charge < -0.3 is 20.1 Å². The maximum absolute atomic E-state index is 11.7. The average molecular weight is 427 g/mol. The Morgan fingerprint density at radius 3 is 2.41 bits per heavy atom. The van der Waals surface area contributed by atoms with Crippen molar-refractivity contribution in [3.05, 3.63) is 64.6 Å². The standard InChI is InChI=1S/C21H18N2O4S2/c24-19-12-26-11-15(22-19)9-13-1-5-16(6-2-13)27-17-7-3-14(4-8-17)10-18-20(25)23-21(28)29-18/h1-8,10,15H,9,11-12H2,(H,22,24)(H,23,25,28)/b18-10+. The summed E-state index contributed by atoms with van der Waals surface area (Å²) >= 11 is 6.25. The van der Waals surface area contributed by atoms with Crippen LogP contribution in [0.25, 0.3) is 6.08 Å². The molecule has 6 nitrogen and oxygen atoms in total. The largest absolute Gasteiger partial charge is 0.457 e. The molecule has 0 radical (unpaired) electrons. The number of nitrogens with one attached hydrogen (secondary N) is 2. The van der Waals surface area contributed by atoms with E-state index in [2.05, 4.69) is 10.6 Å². The number of hydrogen-bond acceptors (Lipinski definition) is 6. The van der Waals surface area contributed by atoms with Gasteiger partial charge >= 0.3 is 0 Å². The molecule has 8 heteroatoms. The van der Waals surface area contributed by atoms with E-state index in [9.17, 15) is 9.59 Å². The molecule has 2 amide bonds. The Kier molecular flexibility index (Phi) is 5.94. The van der Waals surface area contributed by atoms with E-state index >= 15 is 0 Å². The van der Waals surface area contributed by atoms with Gasteiger partial charge in [0, 0.05) is 0 Å². The van der Waals surface area contributed by atoms with Crippen LogP contribution in [0.1, 0.15) is 11.1 Å². The van der Waals surface area contributed by atoms with Gasteiger partial charge in [0.15, 0.2) is 0 Å². The molecule has 0 saturated carbocycles. The Balaban J connectivity index is 1.35. The third-order valence-electron chi connectivity index (χ3n) is 4.38. The van der Waals surface area contributed by atoms with Gasteiger partial charge in [-0.1, -0.05) is 48.2 Å². The normalized spacial score (nSPS) is 20.5. The van der Waals surface area contributed by atoms with Gasteiger partial charge in [0.05, 0.1) is 17.6 Å². The first-order chi connectivity index (χ1) is 14.0. The lowest BCUT2D eigenvalue weighted by Gasteiger charge is -2.23. The molecule has 0 spiro atoms. The molecule has 2 heterocycles. The van der Waals surface area contributed by atoms with Crippen LogP contribution in [-0.2, 0) is 20.7 Å². The molecule has 2 aliphatic rings. The van der Waals surface area contributed by atoms with Crippen molar-refractivity contribution < 1.29 is 19.1 Å². The van der Waals surface area contributed by atoms with Crippen molar-refractivity contribution in [2.45, 2.75) is 12.5 Å². The Hall–Kier alpha value is -2.68. The second-order valence-electron chi connectivity index (χ2n) is 6.65. The van der Waals surface area contributed by atoms with Crippen molar-refractivity contribution in [3.63, 3.8) is 0 Å². The molecule has 1 atom stereocenters. The summed E-state index contributed by atoms with van der Waals surface area (Å²) in [7, 11) is 0. The maximum Gasteiger partial charge on any atom is 0.263 e. The third kappa shape index (κ3) is 5.23. The summed E-state index contributed by atoms with van der Waals surface area (Å²) in [6.07, 6.45) is 2.51. The summed E-state index contributed by atoms with van der Waals surface area (Å²) in [4.78, 5) is 23.7. The van der Waals surface area contributed by atoms with Crippen molar-refractivity contribution in [1.82, 2.24) is 10.6 Å². The number of morpholine rings is 1. The summed E-state index contributed by atoms with van der Waals surface area (Å²) in [6.45, 7) is 0.664. The first kappa shape index (κ1) is 19.6. The number of thiocarbonyl (C=S) groups is 1. The summed E-state index contributed by atoms with van der Waals surface area (Å²) in [5, 5.41) is 5.52. The average Bonchev–Trinajstić information content (AvgIpc) is 3.02. The number of thioether (sulfide) groups is 1. The van der Waals surface area contributed by atoms with E-state index < -0.39 is 0 Å². The molecule has 2 saturated heterocycles. The molecule has 2 fully saturated rings. The van der Waals surface area contributed by atoms with E-state index in [0.29, 0.717) is 28.0 Å². The van der Waals surface area contributed by atoms with E-state index in [1.165, 1.54) is 11.8 Å². The molecule has 0 bridgehead atoms. The van der Waals surface area contributed by atoms with Crippen molar-refractivity contribution >= 4 is 46.2 Å². The maximum atomic E-state index is 11.7. The highest BCUT2D eigenvalue weighted by atomic mass is 32.2. The van der Waals surface area contributed by atoms with Gasteiger partial charge in [-0.05, 0) is 47.9 Å². The summed E-state index contributed by atoms with van der Waals surface area (Å²) < 4.78 is 11.6. The molecule has 1 unspecified atom stereocenters. The van der Waals surface area contributed by atoms with Gasteiger partial charge in [-0.15, -0.1) is 0 Å². The number of ether oxygens (including phenoxy) is 2. The zero-order valence-corrected chi connectivity index (χ0v) is 17.0. The van der Waals surface area contributed by atoms with E-state index in [4.69, 9.17) is 21.7 Å². The van der Waals surface area contributed by atoms with Gasteiger partial charge in [0.25, 0.3) is 5.91 Å². The van der Waals surface area contributed by atoms with Crippen LogP contribution in [0.15, 0.2) is 53.4 Å². The molecule has 2 aliphatic heterocycles. The zero-order valence-electron chi connectivity index (χ0n) is 15.3. The van der Waals surface area contributed by atoms with Crippen LogP contribution in [0.3, 0.4) is 0 Å². The summed E-state index contributed by atoms with van der Waals surface area (Å²) in [5.41, 5.74) is 1.99. The minimum Gasteiger partial charge on any atom is -0.457 e. The molecule has 2 aromatic rings. The van der Waals surface area contributed by atoms with Gasteiger partial charge in [-0.25, -0.2) is 0 Å². The van der Waals surface area contributed by atoms with Crippen molar-refractivity contribution in [3.8, 4) is 11.5 Å². The van der Waals surface area contributed by atoms with E-state index in [1.807, 2.05) is 48.5 Å². The second-order valence-corrected chi connectivity index (χ2v) is 8.37. The zero-order chi connectivity index (χ0) is 20.2. The Morgan fingerprint density at radius 2 is 1.79 bits per heavy atom. The number of carbonyl (C=O) groups excluding carboxylic acids is 2. The first-order valence-electron chi connectivity index (χ1n) is 9.04. The number of rotatable bonds is 5. The lowest BCUT2D eigenvalue weighted by molar-refractivity contribution is -0.131. The van der Waals surface area contributed by atoms with Crippen LogP contribution < -0.4 is 15.4 Å². The lowest BCUT2D eigenvalue weighted by Crippen LogP contribution is -2.46. The van der Waals surface area contributed by atoms with E-state index in [-0.39, 0.29) is 24.5 Å². The van der Waals surface area contributed by atoms with E-state index in [0.717, 1.165) is 16.9 Å². The van der Waals surface area contributed by atoms with Gasteiger partial charge in [-0.2, -0.15) is 0 Å². The monoisotopic (exact) mass is 426 g/mol. The van der Waals surface area contributed by atoms with Crippen LogP contribution in [0.2, 0.25) is 0 Å². The topological polar surface area (TPSA) is 76.7 Å². The van der Waals surface area contributed by atoms with Crippen molar-refractivity contribution in [2.24, 2.45) is 0 Å². The number of benzene rings is 2. The Labute approximate surface area is 177 Å². The van der Waals surface area contributed by atoms with Gasteiger partial charge in [0.2, 0.25) is 5.91 Å². The minimum atomic E-state index is -0.167. The highest BCUT2D eigenvalue weighted by Gasteiger charge is 2.22. The van der Waals surface area contributed by atoms with Crippen LogP contribution in [0.4, 0.5) is 0 Å². The minimum absolute atomic E-state index is 0.000786. The molecule has 0 aliphatic carbocycles. The summed E-state index contributed by atoms with van der Waals surface area (Å²) in [5.74, 6) is 1.18. The van der Waals surface area contributed by atoms with Gasteiger partial charge in [0.1, 0.15) is 22.4 Å². The van der Waals surface area contributed by atoms with Crippen molar-refractivity contribution in [2.75, 3.05) is 13.2 Å². The quantitative estimate of drug-likeness (QED) is 0.565. The molecule has 2 N–H and O–H groups in total. The fourth-order valence-electron chi connectivity index (χ4n) is 3.03. The molecule has 4 rings (SSSR count). The number of amides is 2. The van der Waals surface area contributed by atoms with Crippen molar-refractivity contribution in [1.29, 1.82) is 0 Å². The van der Waals surface area contributed by atoms with Crippen LogP contribution >= 0.6 is 24.0 Å². The Bertz CT molecular complexity index is 971. The molecular weight excluding hydrogens is 408 g/mol. The fourth-order valence-corrected chi connectivity index (χ4v) is 4.08. The predicted molar refractivity (Wildman–Crippen MR) is 116 cm³/mol. The summed E-state index contributed by atoms with van der Waals surface area (Å²) in [6, 6.07) is 15.2. The lowest BCUT2D eigenvalue weighted by atomic mass is 10.1. The van der Waals surface area contributed by atoms with Crippen LogP contribution in [-0.4, -0.2) is 35.4 Å². The van der Waals surface area contributed by atoms with Crippen LogP contribution in [0.5, 0.6) is 11.5 Å². The molecule has 2 aromatic carbocycles. The smallest absolute Gasteiger partial charge is 0.263 e. The SMILES string of the molecule is O=C1COCC(Cc2ccc(Oc3ccc(/C=C4/SC(=S)NC4=O)cc3)cc2)N1. The molecule has 148 valence electrons. The highest BCUT2D eigenvalue weighted by Crippen LogP contribution is 2.27. The molecule has 0 aromatic heterocycles. The van der Waals surface area contributed by atoms with Gasteiger partial charge in [-0.3, -0.25) is 9.59 Å².